The molecule has 0 N–H and O–H groups in total. The van der Waals surface area contributed by atoms with Crippen molar-refractivity contribution in [1.82, 2.24) is 0 Å². The van der Waals surface area contributed by atoms with Gasteiger partial charge in [0.25, 0.3) is 0 Å². The van der Waals surface area contributed by atoms with Crippen LogP contribution in [-0.2, 0) is 4.79 Å². The molecule has 0 atom stereocenters. The molecule has 1 nitrogen and oxygen atoms in total. The van der Waals surface area contributed by atoms with Gasteiger partial charge < -0.3 is 0 Å². The molecule has 1 aliphatic rings. The van der Waals surface area contributed by atoms with E-state index in [4.69, 9.17) is 0 Å². The lowest BCUT2D eigenvalue weighted by molar-refractivity contribution is -0.110. The monoisotopic (exact) mass is 432 g/mol. The molecule has 0 aromatic heterocycles. The van der Waals surface area contributed by atoms with E-state index in [2.05, 4.69) is 23.7 Å². The third kappa shape index (κ3) is 4.37. The lowest BCUT2D eigenvalue weighted by atomic mass is 9.95. The van der Waals surface area contributed by atoms with Crippen LogP contribution < -0.4 is 0 Å². The number of rotatable bonds is 2. The van der Waals surface area contributed by atoms with Gasteiger partial charge >= 0.3 is 0 Å². The van der Waals surface area contributed by atoms with Crippen molar-refractivity contribution in [1.29, 1.82) is 0 Å². The maximum absolute atomic E-state index is 13.8. The minimum absolute atomic E-state index is 0.0918. The molecule has 0 spiro atoms. The van der Waals surface area contributed by atoms with Gasteiger partial charge in [0, 0.05) is 27.8 Å². The highest BCUT2D eigenvalue weighted by molar-refractivity contribution is 6.40. The van der Waals surface area contributed by atoms with Crippen LogP contribution in [0.3, 0.4) is 0 Å². The Labute approximate surface area is 200 Å². The van der Waals surface area contributed by atoms with Crippen LogP contribution >= 0.6 is 0 Å². The van der Waals surface area contributed by atoms with Crippen LogP contribution in [0.25, 0.3) is 11.1 Å². The topological polar surface area (TPSA) is 17.1 Å². The van der Waals surface area contributed by atoms with Gasteiger partial charge in [-0.2, -0.15) is 0 Å². The van der Waals surface area contributed by atoms with Crippen LogP contribution in [-0.4, -0.2) is 5.78 Å². The third-order valence-electron chi connectivity index (χ3n) is 5.54. The zero-order valence-electron chi connectivity index (χ0n) is 18.5. The summed E-state index contributed by atoms with van der Waals surface area (Å²) >= 11 is 0. The van der Waals surface area contributed by atoms with Gasteiger partial charge in [-0.25, -0.2) is 0 Å². The first kappa shape index (κ1) is 21.0. The molecular formula is C33H20O. The fourth-order valence-electron chi connectivity index (χ4n) is 3.93. The Kier molecular flexibility index (Phi) is 6.02. The lowest BCUT2D eigenvalue weighted by Gasteiger charge is -2.06. The number of carbonyl (C=O) groups excluding carboxylic acids is 1. The Bertz CT molecular complexity index is 1520. The zero-order valence-corrected chi connectivity index (χ0v) is 18.5. The Morgan fingerprint density at radius 3 is 1.24 bits per heavy atom. The summed E-state index contributed by atoms with van der Waals surface area (Å²) in [5.74, 6) is 12.9. The van der Waals surface area contributed by atoms with Crippen LogP contribution in [0, 0.1) is 23.7 Å². The molecule has 4 aromatic carbocycles. The van der Waals surface area contributed by atoms with Gasteiger partial charge in [-0.15, -0.1) is 0 Å². The molecule has 0 heterocycles. The molecule has 0 amide bonds. The second-order valence-corrected chi connectivity index (χ2v) is 7.79. The largest absolute Gasteiger partial charge is 0.288 e. The summed E-state index contributed by atoms with van der Waals surface area (Å²) in [6.07, 6.45) is 0. The molecule has 0 fully saturated rings. The predicted molar refractivity (Wildman–Crippen MR) is 138 cm³/mol. The number of hydrogen-bond acceptors (Lipinski definition) is 1. The summed E-state index contributed by atoms with van der Waals surface area (Å²) in [5.41, 5.74) is 6.10. The molecule has 1 aliphatic carbocycles. The predicted octanol–water partition coefficient (Wildman–Crippen LogP) is 6.58. The highest BCUT2D eigenvalue weighted by atomic mass is 16.1. The van der Waals surface area contributed by atoms with E-state index in [0.717, 1.165) is 27.8 Å². The molecule has 4 aromatic rings. The molecule has 0 bridgehead atoms. The molecule has 0 radical (unpaired) electrons. The zero-order chi connectivity index (χ0) is 23.2. The van der Waals surface area contributed by atoms with E-state index in [-0.39, 0.29) is 5.78 Å². The Morgan fingerprint density at radius 2 is 0.765 bits per heavy atom. The van der Waals surface area contributed by atoms with Gasteiger partial charge in [0.1, 0.15) is 0 Å². The van der Waals surface area contributed by atoms with E-state index in [0.29, 0.717) is 16.7 Å². The minimum Gasteiger partial charge on any atom is -0.288 e. The Balaban J connectivity index is 1.75. The van der Waals surface area contributed by atoms with E-state index in [9.17, 15) is 4.79 Å². The first-order valence-electron chi connectivity index (χ1n) is 11.1. The second kappa shape index (κ2) is 9.74. The van der Waals surface area contributed by atoms with Gasteiger partial charge in [0.05, 0.1) is 5.57 Å². The lowest BCUT2D eigenvalue weighted by Crippen LogP contribution is -2.01. The third-order valence-corrected chi connectivity index (χ3v) is 5.54. The number of benzene rings is 4. The molecule has 5 rings (SSSR count). The van der Waals surface area contributed by atoms with E-state index >= 15 is 0 Å². The average molecular weight is 433 g/mol. The summed E-state index contributed by atoms with van der Waals surface area (Å²) in [6, 6.07) is 39.2. The van der Waals surface area contributed by atoms with Gasteiger partial charge in [-0.3, -0.25) is 4.79 Å². The van der Waals surface area contributed by atoms with Crippen LogP contribution in [0.5, 0.6) is 0 Å². The van der Waals surface area contributed by atoms with E-state index in [1.54, 1.807) is 0 Å². The molecule has 0 aliphatic heterocycles. The first-order chi connectivity index (χ1) is 16.8. The van der Waals surface area contributed by atoms with Crippen LogP contribution in [0.4, 0.5) is 0 Å². The van der Waals surface area contributed by atoms with Crippen LogP contribution in [0.2, 0.25) is 0 Å². The van der Waals surface area contributed by atoms with Gasteiger partial charge in [-0.05, 0) is 35.4 Å². The highest BCUT2D eigenvalue weighted by Crippen LogP contribution is 2.40. The molecule has 1 heteroatoms. The van der Waals surface area contributed by atoms with Crippen LogP contribution in [0.15, 0.2) is 132 Å². The summed E-state index contributed by atoms with van der Waals surface area (Å²) < 4.78 is 0. The number of allylic oxidation sites excluding steroid dienone is 4. The Hall–Kier alpha value is -4.85. The molecule has 0 saturated heterocycles. The maximum atomic E-state index is 13.8. The summed E-state index contributed by atoms with van der Waals surface area (Å²) in [6.45, 7) is 0. The average Bonchev–Trinajstić information content (AvgIpc) is 3.19. The van der Waals surface area contributed by atoms with Crippen molar-refractivity contribution in [2.24, 2.45) is 0 Å². The van der Waals surface area contributed by atoms with E-state index in [1.165, 1.54) is 0 Å². The van der Waals surface area contributed by atoms with Crippen molar-refractivity contribution in [3.63, 3.8) is 0 Å². The van der Waals surface area contributed by atoms with Crippen molar-refractivity contribution in [3.8, 4) is 23.7 Å². The molecule has 0 saturated carbocycles. The molecular weight excluding hydrogens is 412 g/mol. The van der Waals surface area contributed by atoms with E-state index < -0.39 is 0 Å². The molecule has 0 unspecified atom stereocenters. The smallest absolute Gasteiger partial charge is 0.203 e. The molecule has 158 valence electrons. The fraction of sp³-hybridized carbons (Fsp3) is 0. The summed E-state index contributed by atoms with van der Waals surface area (Å²) in [4.78, 5) is 13.8. The van der Waals surface area contributed by atoms with Gasteiger partial charge in [0.15, 0.2) is 0 Å². The van der Waals surface area contributed by atoms with E-state index in [1.807, 2.05) is 121 Å². The Morgan fingerprint density at radius 1 is 0.382 bits per heavy atom. The SMILES string of the molecule is O=C1C(C#Cc2ccccc2)=C(c2ccccc2)C(C#Cc2ccccc2)=C1c1ccccc1. The van der Waals surface area contributed by atoms with Crippen molar-refractivity contribution in [3.05, 3.63) is 155 Å². The fourth-order valence-corrected chi connectivity index (χ4v) is 3.93. The van der Waals surface area contributed by atoms with Crippen molar-refractivity contribution in [2.75, 3.05) is 0 Å². The van der Waals surface area contributed by atoms with Gasteiger partial charge in [-0.1, -0.05) is 121 Å². The quantitative estimate of drug-likeness (QED) is 0.327. The maximum Gasteiger partial charge on any atom is 0.203 e. The van der Waals surface area contributed by atoms with Crippen LogP contribution in [0.1, 0.15) is 22.3 Å². The molecule has 34 heavy (non-hydrogen) atoms. The summed E-state index contributed by atoms with van der Waals surface area (Å²) in [5, 5.41) is 0. The van der Waals surface area contributed by atoms with Crippen molar-refractivity contribution in [2.45, 2.75) is 0 Å². The number of hydrogen-bond donors (Lipinski definition) is 0. The normalized spacial score (nSPS) is 12.6. The number of Topliss-reactive ketones (excluding diaryl/α,β-unsaturated/α-hetero) is 1. The highest BCUT2D eigenvalue weighted by Gasteiger charge is 2.32. The second-order valence-electron chi connectivity index (χ2n) is 7.79. The first-order valence-corrected chi connectivity index (χ1v) is 11.1. The van der Waals surface area contributed by atoms with Crippen molar-refractivity contribution < 1.29 is 4.79 Å². The van der Waals surface area contributed by atoms with Gasteiger partial charge in [0.2, 0.25) is 5.78 Å². The summed E-state index contributed by atoms with van der Waals surface area (Å²) in [7, 11) is 0. The standard InChI is InChI=1S/C33H20O/c34-33-30(24-22-26-15-7-2-8-16-26)31(27-17-9-3-10-18-27)29(23-21-25-13-5-1-6-14-25)32(33)28-19-11-4-12-20-28/h1-20H. The van der Waals surface area contributed by atoms with Crippen molar-refractivity contribution >= 4 is 16.9 Å². The minimum atomic E-state index is -0.0918. The number of ketones is 1. The number of carbonyl (C=O) groups is 1.